The number of hydrogen-bond donors (Lipinski definition) is 3. The number of para-hydroxylation sites is 1. The van der Waals surface area contributed by atoms with E-state index in [-0.39, 0.29) is 35.8 Å². The number of amides is 1. The van der Waals surface area contributed by atoms with E-state index in [9.17, 15) is 4.79 Å². The van der Waals surface area contributed by atoms with E-state index in [0.717, 1.165) is 11.3 Å². The van der Waals surface area contributed by atoms with Gasteiger partial charge in [0.2, 0.25) is 5.91 Å². The zero-order chi connectivity index (χ0) is 12.3. The Kier molecular flexibility index (Phi) is 5.39. The molecule has 0 radical (unpaired) electrons. The van der Waals surface area contributed by atoms with E-state index in [4.69, 9.17) is 5.73 Å². The normalized spacial score (nSPS) is 18.4. The second kappa shape index (κ2) is 6.58. The summed E-state index contributed by atoms with van der Waals surface area (Å²) in [6, 6.07) is 7.83. The van der Waals surface area contributed by atoms with Crippen LogP contribution in [0, 0.1) is 0 Å². The van der Waals surface area contributed by atoms with Crippen molar-refractivity contribution in [1.29, 1.82) is 0 Å². The van der Waals surface area contributed by atoms with Gasteiger partial charge in [-0.15, -0.1) is 24.0 Å². The van der Waals surface area contributed by atoms with Crippen molar-refractivity contribution >= 4 is 41.5 Å². The highest BCUT2D eigenvalue weighted by molar-refractivity contribution is 14.0. The smallest absolute Gasteiger partial charge is 0.225 e. The molecule has 1 aromatic rings. The van der Waals surface area contributed by atoms with Crippen molar-refractivity contribution in [1.82, 2.24) is 5.32 Å². The number of carbonyl (C=O) groups excluding carboxylic acids is 1. The Balaban J connectivity index is 0.00000162. The van der Waals surface area contributed by atoms with Gasteiger partial charge in [0.05, 0.1) is 0 Å². The molecule has 98 valence electrons. The molecule has 0 spiro atoms. The van der Waals surface area contributed by atoms with Gasteiger partial charge in [-0.1, -0.05) is 18.2 Å². The van der Waals surface area contributed by atoms with E-state index >= 15 is 0 Å². The van der Waals surface area contributed by atoms with Gasteiger partial charge in [-0.2, -0.15) is 0 Å². The first kappa shape index (κ1) is 14.7. The topological polar surface area (TPSA) is 79.5 Å². The van der Waals surface area contributed by atoms with Gasteiger partial charge in [0.25, 0.3) is 0 Å². The van der Waals surface area contributed by atoms with Crippen LogP contribution in [0.1, 0.15) is 17.9 Å². The molecule has 1 atom stereocenters. The molecular formula is C12H17IN4O. The molecule has 4 N–H and O–H groups in total. The van der Waals surface area contributed by atoms with Crippen LogP contribution in [-0.2, 0) is 4.79 Å². The van der Waals surface area contributed by atoms with Crippen LogP contribution in [0.25, 0.3) is 0 Å². The third kappa shape index (κ3) is 3.34. The average Bonchev–Trinajstić information content (AvgIpc) is 2.35. The zero-order valence-electron chi connectivity index (χ0n) is 10.1. The number of aliphatic imine (C=N–C) groups is 1. The van der Waals surface area contributed by atoms with Gasteiger partial charge in [0.15, 0.2) is 5.96 Å². The van der Waals surface area contributed by atoms with E-state index in [1.807, 2.05) is 24.3 Å². The Morgan fingerprint density at radius 2 is 2.28 bits per heavy atom. The number of rotatable bonds is 2. The maximum atomic E-state index is 11.6. The molecule has 0 fully saturated rings. The van der Waals surface area contributed by atoms with E-state index in [2.05, 4.69) is 15.6 Å². The van der Waals surface area contributed by atoms with Crippen LogP contribution in [0.4, 0.5) is 5.69 Å². The van der Waals surface area contributed by atoms with Crippen molar-refractivity contribution in [2.75, 3.05) is 18.9 Å². The second-order valence-electron chi connectivity index (χ2n) is 4.03. The molecule has 18 heavy (non-hydrogen) atoms. The predicted molar refractivity (Wildman–Crippen MR) is 83.4 cm³/mol. The highest BCUT2D eigenvalue weighted by atomic mass is 127. The summed E-state index contributed by atoms with van der Waals surface area (Å²) >= 11 is 0. The largest absolute Gasteiger partial charge is 0.370 e. The van der Waals surface area contributed by atoms with Crippen LogP contribution < -0.4 is 16.4 Å². The number of guanidine groups is 1. The van der Waals surface area contributed by atoms with Crippen molar-refractivity contribution in [3.05, 3.63) is 29.8 Å². The second-order valence-corrected chi connectivity index (χ2v) is 4.03. The minimum Gasteiger partial charge on any atom is -0.370 e. The summed E-state index contributed by atoms with van der Waals surface area (Å²) in [6.45, 7) is 0.619. The number of nitrogens with zero attached hydrogens (tertiary/aromatic N) is 1. The van der Waals surface area contributed by atoms with E-state index < -0.39 is 0 Å². The fraction of sp³-hybridized carbons (Fsp3) is 0.333. The third-order valence-corrected chi connectivity index (χ3v) is 2.88. The fourth-order valence-corrected chi connectivity index (χ4v) is 1.99. The Hall–Kier alpha value is -1.31. The third-order valence-electron chi connectivity index (χ3n) is 2.88. The molecule has 1 aromatic carbocycles. The Bertz CT molecular complexity index is 461. The Morgan fingerprint density at radius 1 is 1.56 bits per heavy atom. The summed E-state index contributed by atoms with van der Waals surface area (Å²) in [6.07, 6.45) is 0.473. The molecule has 1 amide bonds. The van der Waals surface area contributed by atoms with Crippen molar-refractivity contribution in [3.63, 3.8) is 0 Å². The first-order chi connectivity index (χ1) is 8.20. The molecule has 0 saturated carbocycles. The molecule has 1 aliphatic heterocycles. The maximum Gasteiger partial charge on any atom is 0.225 e. The molecule has 6 heteroatoms. The van der Waals surface area contributed by atoms with E-state index in [0.29, 0.717) is 18.9 Å². The van der Waals surface area contributed by atoms with Crippen LogP contribution in [0.15, 0.2) is 29.3 Å². The first-order valence-corrected chi connectivity index (χ1v) is 5.55. The fourth-order valence-electron chi connectivity index (χ4n) is 1.99. The minimum absolute atomic E-state index is 0. The van der Waals surface area contributed by atoms with Gasteiger partial charge in [-0.25, -0.2) is 0 Å². The molecule has 1 unspecified atom stereocenters. The zero-order valence-corrected chi connectivity index (χ0v) is 12.5. The standard InChI is InChI=1S/C12H16N4O.HI/c1-14-12(13)15-7-8-6-11(17)16-10-5-3-2-4-9(8)10;/h2-5,8H,6-7H2,1H3,(H,16,17)(H3,13,14,15);1H. The van der Waals surface area contributed by atoms with Crippen molar-refractivity contribution in [2.45, 2.75) is 12.3 Å². The Labute approximate surface area is 123 Å². The number of fused-ring (bicyclic) bond motifs is 1. The number of carbonyl (C=O) groups is 1. The first-order valence-electron chi connectivity index (χ1n) is 5.55. The van der Waals surface area contributed by atoms with Gasteiger partial charge in [-0.05, 0) is 11.6 Å². The number of hydrogen-bond acceptors (Lipinski definition) is 2. The molecule has 2 rings (SSSR count). The van der Waals surface area contributed by atoms with Crippen LogP contribution in [0.2, 0.25) is 0 Å². The SMILES string of the molecule is CN=C(N)NCC1CC(=O)Nc2ccccc21.I. The maximum absolute atomic E-state index is 11.6. The Morgan fingerprint density at radius 3 is 3.00 bits per heavy atom. The van der Waals surface area contributed by atoms with Crippen LogP contribution >= 0.6 is 24.0 Å². The molecule has 0 aromatic heterocycles. The minimum atomic E-state index is 0. The van der Waals surface area contributed by atoms with Gasteiger partial charge < -0.3 is 16.4 Å². The number of nitrogens with one attached hydrogen (secondary N) is 2. The molecular weight excluding hydrogens is 343 g/mol. The number of nitrogens with two attached hydrogens (primary N) is 1. The van der Waals surface area contributed by atoms with Crippen LogP contribution in [0.5, 0.6) is 0 Å². The summed E-state index contributed by atoms with van der Waals surface area (Å²) in [5.74, 6) is 0.580. The highest BCUT2D eigenvalue weighted by Crippen LogP contribution is 2.31. The van der Waals surface area contributed by atoms with E-state index in [1.165, 1.54) is 0 Å². The van der Waals surface area contributed by atoms with Crippen LogP contribution in [0.3, 0.4) is 0 Å². The number of halogens is 1. The lowest BCUT2D eigenvalue weighted by Crippen LogP contribution is -2.37. The molecule has 0 bridgehead atoms. The van der Waals surface area contributed by atoms with Crippen molar-refractivity contribution in [2.24, 2.45) is 10.7 Å². The van der Waals surface area contributed by atoms with E-state index in [1.54, 1.807) is 7.05 Å². The van der Waals surface area contributed by atoms with Gasteiger partial charge in [0.1, 0.15) is 0 Å². The monoisotopic (exact) mass is 360 g/mol. The quantitative estimate of drug-likeness (QED) is 0.422. The molecule has 1 heterocycles. The van der Waals surface area contributed by atoms with Gasteiger partial charge >= 0.3 is 0 Å². The lowest BCUT2D eigenvalue weighted by atomic mass is 9.90. The summed E-state index contributed by atoms with van der Waals surface area (Å²) in [7, 11) is 1.63. The summed E-state index contributed by atoms with van der Waals surface area (Å²) in [4.78, 5) is 15.4. The lowest BCUT2D eigenvalue weighted by Gasteiger charge is -2.25. The van der Waals surface area contributed by atoms with Gasteiger partial charge in [0, 0.05) is 31.6 Å². The molecule has 0 saturated heterocycles. The predicted octanol–water partition coefficient (Wildman–Crippen LogP) is 1.26. The number of anilines is 1. The van der Waals surface area contributed by atoms with Gasteiger partial charge in [-0.3, -0.25) is 9.79 Å². The van der Waals surface area contributed by atoms with Crippen molar-refractivity contribution < 1.29 is 4.79 Å². The molecule has 0 aliphatic carbocycles. The average molecular weight is 360 g/mol. The summed E-state index contributed by atoms with van der Waals surface area (Å²) in [5.41, 5.74) is 7.62. The summed E-state index contributed by atoms with van der Waals surface area (Å²) < 4.78 is 0. The number of benzene rings is 1. The van der Waals surface area contributed by atoms with Crippen LogP contribution in [-0.4, -0.2) is 25.5 Å². The lowest BCUT2D eigenvalue weighted by molar-refractivity contribution is -0.116. The van der Waals surface area contributed by atoms with Crippen molar-refractivity contribution in [3.8, 4) is 0 Å². The summed E-state index contributed by atoms with van der Waals surface area (Å²) in [5, 5.41) is 5.87. The molecule has 5 nitrogen and oxygen atoms in total. The molecule has 1 aliphatic rings. The highest BCUT2D eigenvalue weighted by Gasteiger charge is 2.24.